The van der Waals surface area contributed by atoms with Gasteiger partial charge in [-0.1, -0.05) is 15.9 Å². The Hall–Kier alpha value is -1.03. The molecule has 2 N–H and O–H groups in total. The number of halogens is 1. The van der Waals surface area contributed by atoms with E-state index in [-0.39, 0.29) is 0 Å². The number of pyridine rings is 1. The van der Waals surface area contributed by atoms with E-state index in [1.165, 1.54) is 0 Å². The zero-order chi connectivity index (χ0) is 8.55. The summed E-state index contributed by atoms with van der Waals surface area (Å²) in [6.45, 7) is 0. The van der Waals surface area contributed by atoms with Crippen molar-refractivity contribution in [2.75, 3.05) is 5.73 Å². The second-order valence-corrected chi connectivity index (χ2v) is 3.15. The van der Waals surface area contributed by atoms with Crippen LogP contribution < -0.4 is 5.73 Å². The number of nitrogen functional groups attached to an aromatic ring is 1. The van der Waals surface area contributed by atoms with E-state index in [2.05, 4.69) is 20.9 Å². The molecule has 0 aliphatic rings. The van der Waals surface area contributed by atoms with Gasteiger partial charge in [-0.15, -0.1) is 0 Å². The summed E-state index contributed by atoms with van der Waals surface area (Å²) >= 11 is 3.35. The molecular weight excluding hydrogens is 218 g/mol. The first-order valence-corrected chi connectivity index (χ1v) is 4.71. The van der Waals surface area contributed by atoms with Crippen molar-refractivity contribution in [3.63, 3.8) is 0 Å². The summed E-state index contributed by atoms with van der Waals surface area (Å²) in [5.41, 5.74) is 8.26. The zero-order valence-electron chi connectivity index (χ0n) is 6.37. The molecule has 2 aromatic heterocycles. The summed E-state index contributed by atoms with van der Waals surface area (Å²) in [6.07, 6.45) is 3.88. The smallest absolute Gasteiger partial charge is 0.139 e. The number of fused-ring (bicyclic) bond motifs is 1. The van der Waals surface area contributed by atoms with E-state index in [1.807, 2.05) is 28.9 Å². The molecule has 2 heterocycles. The maximum absolute atomic E-state index is 5.61. The van der Waals surface area contributed by atoms with E-state index in [4.69, 9.17) is 5.73 Å². The number of nitrogens with zero attached hydrogens (tertiary/aromatic N) is 2. The van der Waals surface area contributed by atoms with E-state index in [0.717, 1.165) is 22.4 Å². The summed E-state index contributed by atoms with van der Waals surface area (Å²) in [5.74, 6) is 0. The molecular formula is C8H8BrN3. The van der Waals surface area contributed by atoms with Gasteiger partial charge in [0.1, 0.15) is 5.65 Å². The van der Waals surface area contributed by atoms with E-state index >= 15 is 0 Å². The fourth-order valence-corrected chi connectivity index (χ4v) is 1.38. The van der Waals surface area contributed by atoms with Crippen molar-refractivity contribution >= 4 is 27.3 Å². The monoisotopic (exact) mass is 225 g/mol. The van der Waals surface area contributed by atoms with Crippen molar-refractivity contribution < 1.29 is 0 Å². The average Bonchev–Trinajstić information content (AvgIpc) is 2.46. The van der Waals surface area contributed by atoms with Crippen molar-refractivity contribution in [2.24, 2.45) is 0 Å². The third-order valence-corrected chi connectivity index (χ3v) is 2.25. The van der Waals surface area contributed by atoms with Crippen LogP contribution in [0, 0.1) is 0 Å². The minimum absolute atomic E-state index is 0.745. The van der Waals surface area contributed by atoms with Gasteiger partial charge in [0.15, 0.2) is 0 Å². The highest BCUT2D eigenvalue weighted by atomic mass is 79.9. The van der Waals surface area contributed by atoms with Crippen LogP contribution in [0.3, 0.4) is 0 Å². The SMILES string of the molecule is Nc1ccn2cc(CBr)nc2c1. The van der Waals surface area contributed by atoms with Gasteiger partial charge in [-0.2, -0.15) is 0 Å². The van der Waals surface area contributed by atoms with Gasteiger partial charge in [-0.3, -0.25) is 0 Å². The highest BCUT2D eigenvalue weighted by Gasteiger charge is 1.98. The summed E-state index contributed by atoms with van der Waals surface area (Å²) < 4.78 is 1.95. The first-order chi connectivity index (χ1) is 5.79. The predicted octanol–water partition coefficient (Wildman–Crippen LogP) is 1.81. The molecule has 0 aliphatic heterocycles. The van der Waals surface area contributed by atoms with E-state index in [0.29, 0.717) is 0 Å². The lowest BCUT2D eigenvalue weighted by molar-refractivity contribution is 1.19. The Balaban J connectivity index is 2.67. The van der Waals surface area contributed by atoms with Gasteiger partial charge in [0.05, 0.1) is 5.69 Å². The van der Waals surface area contributed by atoms with Gasteiger partial charge in [0.25, 0.3) is 0 Å². The molecule has 0 amide bonds. The first kappa shape index (κ1) is 7.61. The Morgan fingerprint density at radius 2 is 2.42 bits per heavy atom. The first-order valence-electron chi connectivity index (χ1n) is 3.58. The van der Waals surface area contributed by atoms with Gasteiger partial charge in [-0.25, -0.2) is 4.98 Å². The fraction of sp³-hybridized carbons (Fsp3) is 0.125. The topological polar surface area (TPSA) is 43.3 Å². The maximum atomic E-state index is 5.61. The quantitative estimate of drug-likeness (QED) is 0.753. The standard InChI is InChI=1S/C8H8BrN3/c9-4-7-5-12-2-1-6(10)3-8(12)11-7/h1-3,5H,4,10H2. The summed E-state index contributed by atoms with van der Waals surface area (Å²) in [6, 6.07) is 3.71. The maximum Gasteiger partial charge on any atom is 0.139 e. The predicted molar refractivity (Wildman–Crippen MR) is 52.2 cm³/mol. The van der Waals surface area contributed by atoms with Gasteiger partial charge < -0.3 is 10.1 Å². The molecule has 0 spiro atoms. The number of rotatable bonds is 1. The lowest BCUT2D eigenvalue weighted by Crippen LogP contribution is -1.87. The van der Waals surface area contributed by atoms with Gasteiger partial charge in [0, 0.05) is 29.5 Å². The van der Waals surface area contributed by atoms with Crippen LogP contribution in [0.4, 0.5) is 5.69 Å². The highest BCUT2D eigenvalue weighted by molar-refractivity contribution is 9.08. The lowest BCUT2D eigenvalue weighted by atomic mass is 10.4. The van der Waals surface area contributed by atoms with E-state index < -0.39 is 0 Å². The molecule has 0 fully saturated rings. The number of hydrogen-bond acceptors (Lipinski definition) is 2. The minimum atomic E-state index is 0.745. The molecule has 0 atom stereocenters. The Labute approximate surface area is 78.3 Å². The van der Waals surface area contributed by atoms with Crippen LogP contribution in [0.15, 0.2) is 24.5 Å². The molecule has 0 aromatic carbocycles. The molecule has 2 rings (SSSR count). The van der Waals surface area contributed by atoms with Gasteiger partial charge in [0.2, 0.25) is 0 Å². The normalized spacial score (nSPS) is 10.8. The van der Waals surface area contributed by atoms with Gasteiger partial charge in [-0.05, 0) is 6.07 Å². The number of alkyl halides is 1. The van der Waals surface area contributed by atoms with Crippen molar-refractivity contribution in [3.05, 3.63) is 30.2 Å². The molecule has 0 bridgehead atoms. The molecule has 62 valence electrons. The van der Waals surface area contributed by atoms with Gasteiger partial charge >= 0.3 is 0 Å². The minimum Gasteiger partial charge on any atom is -0.399 e. The Kier molecular flexibility index (Phi) is 1.77. The molecule has 0 aliphatic carbocycles. The van der Waals surface area contributed by atoms with Crippen LogP contribution in [0.1, 0.15) is 5.69 Å². The fourth-order valence-electron chi connectivity index (χ4n) is 1.11. The molecule has 0 saturated heterocycles. The highest BCUT2D eigenvalue weighted by Crippen LogP contribution is 2.10. The second kappa shape index (κ2) is 2.79. The Bertz CT molecular complexity index is 408. The number of aromatic nitrogens is 2. The largest absolute Gasteiger partial charge is 0.399 e. The third kappa shape index (κ3) is 1.18. The van der Waals surface area contributed by atoms with E-state index in [9.17, 15) is 0 Å². The van der Waals surface area contributed by atoms with Crippen LogP contribution in [0.25, 0.3) is 5.65 Å². The number of hydrogen-bond donors (Lipinski definition) is 1. The van der Waals surface area contributed by atoms with Crippen LogP contribution in [0.5, 0.6) is 0 Å². The van der Waals surface area contributed by atoms with Crippen molar-refractivity contribution in [2.45, 2.75) is 5.33 Å². The Morgan fingerprint density at radius 3 is 3.17 bits per heavy atom. The number of nitrogens with two attached hydrogens (primary N) is 1. The van der Waals surface area contributed by atoms with E-state index in [1.54, 1.807) is 0 Å². The zero-order valence-corrected chi connectivity index (χ0v) is 7.95. The molecule has 12 heavy (non-hydrogen) atoms. The van der Waals surface area contributed by atoms with Crippen LogP contribution in [-0.2, 0) is 5.33 Å². The van der Waals surface area contributed by atoms with Crippen molar-refractivity contribution in [1.29, 1.82) is 0 Å². The molecule has 4 heteroatoms. The number of imidazole rings is 1. The molecule has 0 unspecified atom stereocenters. The van der Waals surface area contributed by atoms with Crippen LogP contribution in [-0.4, -0.2) is 9.38 Å². The van der Waals surface area contributed by atoms with Crippen molar-refractivity contribution in [1.82, 2.24) is 9.38 Å². The second-order valence-electron chi connectivity index (χ2n) is 2.59. The van der Waals surface area contributed by atoms with Crippen molar-refractivity contribution in [3.8, 4) is 0 Å². The summed E-state index contributed by atoms with van der Waals surface area (Å²) in [5, 5.41) is 0.772. The molecule has 3 nitrogen and oxygen atoms in total. The van der Waals surface area contributed by atoms with Crippen LogP contribution >= 0.6 is 15.9 Å². The Morgan fingerprint density at radius 1 is 1.58 bits per heavy atom. The lowest BCUT2D eigenvalue weighted by Gasteiger charge is -1.92. The van der Waals surface area contributed by atoms with Crippen LogP contribution in [0.2, 0.25) is 0 Å². The third-order valence-electron chi connectivity index (χ3n) is 1.67. The average molecular weight is 226 g/mol. The number of anilines is 1. The summed E-state index contributed by atoms with van der Waals surface area (Å²) in [7, 11) is 0. The molecule has 0 radical (unpaired) electrons. The molecule has 2 aromatic rings. The summed E-state index contributed by atoms with van der Waals surface area (Å²) in [4.78, 5) is 4.33. The molecule has 0 saturated carbocycles.